The van der Waals surface area contributed by atoms with Crippen LogP contribution in [0.1, 0.15) is 25.3 Å². The molecule has 0 atom stereocenters. The second-order valence-electron chi connectivity index (χ2n) is 4.01. The van der Waals surface area contributed by atoms with E-state index in [0.29, 0.717) is 11.9 Å². The van der Waals surface area contributed by atoms with Crippen molar-refractivity contribution in [2.45, 2.75) is 19.8 Å². The lowest BCUT2D eigenvalue weighted by Gasteiger charge is -2.08. The van der Waals surface area contributed by atoms with Gasteiger partial charge >= 0.3 is 6.01 Å². The van der Waals surface area contributed by atoms with E-state index in [4.69, 9.17) is 4.74 Å². The van der Waals surface area contributed by atoms with Crippen LogP contribution in [0.25, 0.3) is 0 Å². The second kappa shape index (κ2) is 5.44. The lowest BCUT2D eigenvalue weighted by molar-refractivity contribution is 0.440. The van der Waals surface area contributed by atoms with Gasteiger partial charge in [0.15, 0.2) is 0 Å². The SMILES string of the molecule is CC(C)c1cccc(Oc2ncc(I)cn2)c1. The van der Waals surface area contributed by atoms with E-state index in [1.807, 2.05) is 18.2 Å². The van der Waals surface area contributed by atoms with Gasteiger partial charge in [-0.25, -0.2) is 9.97 Å². The van der Waals surface area contributed by atoms with Gasteiger partial charge in [-0.3, -0.25) is 0 Å². The van der Waals surface area contributed by atoms with Crippen LogP contribution in [0.3, 0.4) is 0 Å². The number of hydrogen-bond donors (Lipinski definition) is 0. The van der Waals surface area contributed by atoms with Gasteiger partial charge in [0.2, 0.25) is 0 Å². The molecule has 0 aliphatic carbocycles. The summed E-state index contributed by atoms with van der Waals surface area (Å²) in [6.07, 6.45) is 3.46. The molecule has 17 heavy (non-hydrogen) atoms. The summed E-state index contributed by atoms with van der Waals surface area (Å²) < 4.78 is 6.59. The summed E-state index contributed by atoms with van der Waals surface area (Å²) in [5, 5.41) is 0. The van der Waals surface area contributed by atoms with E-state index in [1.54, 1.807) is 12.4 Å². The summed E-state index contributed by atoms with van der Waals surface area (Å²) in [6, 6.07) is 8.38. The first-order chi connectivity index (χ1) is 8.15. The minimum absolute atomic E-state index is 0.381. The van der Waals surface area contributed by atoms with Gasteiger partial charge in [-0.1, -0.05) is 26.0 Å². The van der Waals surface area contributed by atoms with E-state index in [1.165, 1.54) is 5.56 Å². The third kappa shape index (κ3) is 3.39. The van der Waals surface area contributed by atoms with Crippen LogP contribution in [0.5, 0.6) is 11.8 Å². The summed E-state index contributed by atoms with van der Waals surface area (Å²) in [6.45, 7) is 4.31. The quantitative estimate of drug-likeness (QED) is 0.793. The molecule has 2 rings (SSSR count). The number of benzene rings is 1. The van der Waals surface area contributed by atoms with Crippen LogP contribution in [-0.4, -0.2) is 9.97 Å². The summed E-state index contributed by atoms with van der Waals surface area (Å²) in [5.74, 6) is 1.26. The van der Waals surface area contributed by atoms with Gasteiger partial charge in [-0.2, -0.15) is 0 Å². The molecule has 2 aromatic rings. The average molecular weight is 340 g/mol. The Labute approximate surface area is 114 Å². The van der Waals surface area contributed by atoms with Crippen LogP contribution < -0.4 is 4.74 Å². The standard InChI is InChI=1S/C13H13IN2O/c1-9(2)10-4-3-5-12(6-10)17-13-15-7-11(14)8-16-13/h3-9H,1-2H3. The molecule has 0 amide bonds. The molecule has 0 saturated heterocycles. The summed E-state index contributed by atoms with van der Waals surface area (Å²) in [4.78, 5) is 8.21. The topological polar surface area (TPSA) is 35.0 Å². The maximum atomic E-state index is 5.60. The van der Waals surface area contributed by atoms with Crippen molar-refractivity contribution in [2.24, 2.45) is 0 Å². The molecule has 0 unspecified atom stereocenters. The number of halogens is 1. The first-order valence-electron chi connectivity index (χ1n) is 5.40. The Balaban J connectivity index is 2.18. The number of hydrogen-bond acceptors (Lipinski definition) is 3. The van der Waals surface area contributed by atoms with Gasteiger partial charge in [0.25, 0.3) is 0 Å². The third-order valence-electron chi connectivity index (χ3n) is 2.33. The predicted molar refractivity (Wildman–Crippen MR) is 75.4 cm³/mol. The van der Waals surface area contributed by atoms with Crippen LogP contribution in [0, 0.1) is 3.57 Å². The number of aromatic nitrogens is 2. The Morgan fingerprint density at radius 2 is 1.88 bits per heavy atom. The smallest absolute Gasteiger partial charge is 0.321 e. The van der Waals surface area contributed by atoms with Crippen LogP contribution in [0.2, 0.25) is 0 Å². The average Bonchev–Trinajstić information content (AvgIpc) is 2.32. The normalized spacial score (nSPS) is 10.6. The number of rotatable bonds is 3. The van der Waals surface area contributed by atoms with Crippen molar-refractivity contribution in [3.05, 3.63) is 45.8 Å². The van der Waals surface area contributed by atoms with Gasteiger partial charge in [0.1, 0.15) is 5.75 Å². The fraction of sp³-hybridized carbons (Fsp3) is 0.231. The van der Waals surface area contributed by atoms with Crippen LogP contribution in [0.15, 0.2) is 36.7 Å². The molecule has 4 heteroatoms. The predicted octanol–water partition coefficient (Wildman–Crippen LogP) is 4.00. The highest BCUT2D eigenvalue weighted by molar-refractivity contribution is 14.1. The van der Waals surface area contributed by atoms with Crippen molar-refractivity contribution in [1.29, 1.82) is 0 Å². The summed E-state index contributed by atoms with van der Waals surface area (Å²) in [5.41, 5.74) is 1.24. The molecule has 0 aliphatic heterocycles. The lowest BCUT2D eigenvalue weighted by Crippen LogP contribution is -1.93. The monoisotopic (exact) mass is 340 g/mol. The molecule has 0 spiro atoms. The highest BCUT2D eigenvalue weighted by atomic mass is 127. The maximum absolute atomic E-state index is 5.60. The van der Waals surface area contributed by atoms with Crippen molar-refractivity contribution in [3.63, 3.8) is 0 Å². The largest absolute Gasteiger partial charge is 0.424 e. The van der Waals surface area contributed by atoms with Crippen molar-refractivity contribution in [3.8, 4) is 11.8 Å². The van der Waals surface area contributed by atoms with Crippen molar-refractivity contribution >= 4 is 22.6 Å². The van der Waals surface area contributed by atoms with Gasteiger partial charge < -0.3 is 4.74 Å². The minimum Gasteiger partial charge on any atom is -0.424 e. The maximum Gasteiger partial charge on any atom is 0.321 e. The first-order valence-corrected chi connectivity index (χ1v) is 6.48. The van der Waals surface area contributed by atoms with E-state index in [0.717, 1.165) is 9.32 Å². The third-order valence-corrected chi connectivity index (χ3v) is 2.89. The van der Waals surface area contributed by atoms with Gasteiger partial charge in [0.05, 0.1) is 0 Å². The molecule has 88 valence electrons. The Hall–Kier alpha value is -1.17. The molecule has 1 aromatic carbocycles. The molecule has 0 aliphatic rings. The highest BCUT2D eigenvalue weighted by Crippen LogP contribution is 2.23. The molecule has 0 fully saturated rings. The molecular weight excluding hydrogens is 327 g/mol. The first kappa shape index (κ1) is 12.3. The molecule has 3 nitrogen and oxygen atoms in total. The van der Waals surface area contributed by atoms with Crippen molar-refractivity contribution in [2.75, 3.05) is 0 Å². The van der Waals surface area contributed by atoms with Crippen LogP contribution in [0.4, 0.5) is 0 Å². The summed E-state index contributed by atoms with van der Waals surface area (Å²) in [7, 11) is 0. The molecule has 1 aromatic heterocycles. The zero-order valence-electron chi connectivity index (χ0n) is 9.72. The molecule has 0 bridgehead atoms. The molecular formula is C13H13IN2O. The van der Waals surface area contributed by atoms with E-state index in [9.17, 15) is 0 Å². The van der Waals surface area contributed by atoms with E-state index in [2.05, 4.69) is 52.5 Å². The zero-order chi connectivity index (χ0) is 12.3. The van der Waals surface area contributed by atoms with Crippen molar-refractivity contribution in [1.82, 2.24) is 9.97 Å². The lowest BCUT2D eigenvalue weighted by atomic mass is 10.0. The zero-order valence-corrected chi connectivity index (χ0v) is 11.9. The second-order valence-corrected chi connectivity index (χ2v) is 5.26. The fourth-order valence-corrected chi connectivity index (χ4v) is 1.67. The highest BCUT2D eigenvalue weighted by Gasteiger charge is 2.03. The number of ether oxygens (including phenoxy) is 1. The molecule has 0 radical (unpaired) electrons. The van der Waals surface area contributed by atoms with Crippen LogP contribution in [-0.2, 0) is 0 Å². The van der Waals surface area contributed by atoms with E-state index < -0.39 is 0 Å². The number of nitrogens with zero attached hydrogens (tertiary/aromatic N) is 2. The Kier molecular flexibility index (Phi) is 3.93. The Bertz CT molecular complexity index is 497. The molecule has 1 heterocycles. The van der Waals surface area contributed by atoms with Gasteiger partial charge in [-0.05, 0) is 46.2 Å². The Morgan fingerprint density at radius 3 is 2.53 bits per heavy atom. The summed E-state index contributed by atoms with van der Waals surface area (Å²) >= 11 is 2.16. The van der Waals surface area contributed by atoms with Crippen molar-refractivity contribution < 1.29 is 4.74 Å². The van der Waals surface area contributed by atoms with Gasteiger partial charge in [0, 0.05) is 16.0 Å². The Morgan fingerprint density at radius 1 is 1.18 bits per heavy atom. The van der Waals surface area contributed by atoms with Crippen LogP contribution >= 0.6 is 22.6 Å². The van der Waals surface area contributed by atoms with E-state index in [-0.39, 0.29) is 0 Å². The fourth-order valence-electron chi connectivity index (χ4n) is 1.40. The van der Waals surface area contributed by atoms with E-state index >= 15 is 0 Å². The molecule has 0 N–H and O–H groups in total. The molecule has 0 saturated carbocycles. The van der Waals surface area contributed by atoms with Gasteiger partial charge in [-0.15, -0.1) is 0 Å². The minimum atomic E-state index is 0.381.